The molecule has 0 bridgehead atoms. The summed E-state index contributed by atoms with van der Waals surface area (Å²) in [5.41, 5.74) is 1.07. The van der Waals surface area contributed by atoms with E-state index in [2.05, 4.69) is 57.0 Å². The minimum Gasteiger partial charge on any atom is -0.360 e. The topological polar surface area (TPSA) is 41.3 Å². The summed E-state index contributed by atoms with van der Waals surface area (Å²) >= 11 is 0. The van der Waals surface area contributed by atoms with Gasteiger partial charge in [0.1, 0.15) is 0 Å². The van der Waals surface area contributed by atoms with Crippen LogP contribution in [0.5, 0.6) is 0 Å². The fourth-order valence-corrected chi connectivity index (χ4v) is 1.82. The quantitative estimate of drug-likeness (QED) is 0.846. The zero-order valence-corrected chi connectivity index (χ0v) is 12.6. The zero-order valence-electron chi connectivity index (χ0n) is 12.6. The molecule has 0 amide bonds. The molecule has 1 aromatic heterocycles. The van der Waals surface area contributed by atoms with Gasteiger partial charge in [0.15, 0.2) is 5.76 Å². The van der Waals surface area contributed by atoms with Crippen LogP contribution in [0.3, 0.4) is 0 Å². The van der Waals surface area contributed by atoms with Gasteiger partial charge in [-0.3, -0.25) is 4.90 Å². The van der Waals surface area contributed by atoms with Crippen LogP contribution in [-0.2, 0) is 13.1 Å². The number of hydrogen-bond donors (Lipinski definition) is 1. The fraction of sp³-hybridized carbons (Fsp3) is 0.786. The predicted molar refractivity (Wildman–Crippen MR) is 74.3 cm³/mol. The zero-order chi connectivity index (χ0) is 13.8. The Morgan fingerprint density at radius 1 is 1.39 bits per heavy atom. The van der Waals surface area contributed by atoms with Gasteiger partial charge in [-0.15, -0.1) is 0 Å². The van der Waals surface area contributed by atoms with Crippen LogP contribution in [0.2, 0.25) is 0 Å². The summed E-state index contributed by atoms with van der Waals surface area (Å²) in [4.78, 5) is 2.26. The summed E-state index contributed by atoms with van der Waals surface area (Å²) in [7, 11) is 2.11. The van der Waals surface area contributed by atoms with Crippen molar-refractivity contribution in [3.05, 3.63) is 17.5 Å². The van der Waals surface area contributed by atoms with Crippen LogP contribution >= 0.6 is 0 Å². The smallest absolute Gasteiger partial charge is 0.151 e. The fourth-order valence-electron chi connectivity index (χ4n) is 1.82. The van der Waals surface area contributed by atoms with E-state index in [1.807, 2.05) is 6.07 Å². The van der Waals surface area contributed by atoms with Crippen molar-refractivity contribution in [1.29, 1.82) is 0 Å². The van der Waals surface area contributed by atoms with Gasteiger partial charge in [-0.05, 0) is 33.7 Å². The molecule has 1 aromatic rings. The molecule has 0 aliphatic carbocycles. The highest BCUT2D eigenvalue weighted by Gasteiger charge is 2.12. The molecule has 0 aliphatic heterocycles. The van der Waals surface area contributed by atoms with Crippen LogP contribution in [-0.4, -0.2) is 29.2 Å². The molecule has 104 valence electrons. The van der Waals surface area contributed by atoms with Crippen molar-refractivity contribution >= 4 is 0 Å². The first-order valence-corrected chi connectivity index (χ1v) is 6.64. The number of nitrogens with one attached hydrogen (secondary N) is 1. The van der Waals surface area contributed by atoms with Crippen molar-refractivity contribution in [3.8, 4) is 0 Å². The van der Waals surface area contributed by atoms with Crippen molar-refractivity contribution in [2.24, 2.45) is 5.92 Å². The van der Waals surface area contributed by atoms with Gasteiger partial charge in [-0.2, -0.15) is 0 Å². The maximum absolute atomic E-state index is 5.35. The lowest BCUT2D eigenvalue weighted by Gasteiger charge is -2.19. The maximum Gasteiger partial charge on any atom is 0.151 e. The molecule has 0 unspecified atom stereocenters. The van der Waals surface area contributed by atoms with E-state index in [1.54, 1.807) is 0 Å². The monoisotopic (exact) mass is 253 g/mol. The Morgan fingerprint density at radius 3 is 2.61 bits per heavy atom. The molecular weight excluding hydrogens is 226 g/mol. The lowest BCUT2D eigenvalue weighted by atomic mass is 10.1. The number of nitrogens with zero attached hydrogens (tertiary/aromatic N) is 2. The van der Waals surface area contributed by atoms with Crippen molar-refractivity contribution < 1.29 is 4.52 Å². The van der Waals surface area contributed by atoms with Gasteiger partial charge >= 0.3 is 0 Å². The Bertz CT molecular complexity index is 352. The molecule has 1 N–H and O–H groups in total. The second-order valence-corrected chi connectivity index (χ2v) is 6.48. The minimum absolute atomic E-state index is 0.105. The minimum atomic E-state index is 0.105. The van der Waals surface area contributed by atoms with Gasteiger partial charge in [-0.25, -0.2) is 0 Å². The van der Waals surface area contributed by atoms with Crippen LogP contribution in [0.15, 0.2) is 10.6 Å². The summed E-state index contributed by atoms with van der Waals surface area (Å²) in [5.74, 6) is 1.60. The van der Waals surface area contributed by atoms with Gasteiger partial charge in [0.2, 0.25) is 0 Å². The molecule has 0 aliphatic rings. The third kappa shape index (κ3) is 6.17. The summed E-state index contributed by atoms with van der Waals surface area (Å²) < 4.78 is 5.35. The van der Waals surface area contributed by atoms with E-state index in [9.17, 15) is 0 Å². The summed E-state index contributed by atoms with van der Waals surface area (Å²) in [5, 5.41) is 7.49. The standard InChI is InChI=1S/C14H27N3O/c1-11(2)9-17(6)10-13-7-12(16-18-13)8-15-14(3,4)5/h7,11,15H,8-10H2,1-6H3. The first kappa shape index (κ1) is 15.2. The summed E-state index contributed by atoms with van der Waals surface area (Å²) in [6, 6.07) is 2.04. The SMILES string of the molecule is CC(C)CN(C)Cc1cc(CNC(C)(C)C)no1. The van der Waals surface area contributed by atoms with Crippen molar-refractivity contribution in [2.75, 3.05) is 13.6 Å². The van der Waals surface area contributed by atoms with Crippen LogP contribution in [0.25, 0.3) is 0 Å². The van der Waals surface area contributed by atoms with Gasteiger partial charge in [0.05, 0.1) is 12.2 Å². The van der Waals surface area contributed by atoms with Crippen LogP contribution in [0, 0.1) is 5.92 Å². The highest BCUT2D eigenvalue weighted by Crippen LogP contribution is 2.09. The molecule has 0 fully saturated rings. The second kappa shape index (κ2) is 6.34. The first-order valence-electron chi connectivity index (χ1n) is 6.64. The van der Waals surface area contributed by atoms with Gasteiger partial charge in [0.25, 0.3) is 0 Å². The van der Waals surface area contributed by atoms with Crippen LogP contribution in [0.1, 0.15) is 46.1 Å². The van der Waals surface area contributed by atoms with Crippen molar-refractivity contribution in [3.63, 3.8) is 0 Å². The normalized spacial score (nSPS) is 12.7. The summed E-state index contributed by atoms with van der Waals surface area (Å²) in [6.45, 7) is 13.5. The highest BCUT2D eigenvalue weighted by atomic mass is 16.5. The summed E-state index contributed by atoms with van der Waals surface area (Å²) in [6.07, 6.45) is 0. The molecule has 1 heterocycles. The Balaban J connectivity index is 2.43. The van der Waals surface area contributed by atoms with E-state index in [4.69, 9.17) is 4.52 Å². The molecule has 0 atom stereocenters. The van der Waals surface area contributed by atoms with Crippen LogP contribution < -0.4 is 5.32 Å². The van der Waals surface area contributed by atoms with Gasteiger partial charge in [0, 0.05) is 24.7 Å². The van der Waals surface area contributed by atoms with E-state index in [0.29, 0.717) is 5.92 Å². The molecule has 4 heteroatoms. The Kier molecular flexibility index (Phi) is 5.35. The van der Waals surface area contributed by atoms with E-state index in [1.165, 1.54) is 0 Å². The van der Waals surface area contributed by atoms with Crippen molar-refractivity contribution in [2.45, 2.75) is 53.2 Å². The largest absolute Gasteiger partial charge is 0.360 e. The molecule has 0 radical (unpaired) electrons. The predicted octanol–water partition coefficient (Wildman–Crippen LogP) is 2.65. The van der Waals surface area contributed by atoms with Gasteiger partial charge in [-0.1, -0.05) is 19.0 Å². The second-order valence-electron chi connectivity index (χ2n) is 6.48. The van der Waals surface area contributed by atoms with E-state index in [-0.39, 0.29) is 5.54 Å². The third-order valence-electron chi connectivity index (χ3n) is 2.51. The molecule has 1 rings (SSSR count). The molecule has 0 spiro atoms. The molecular formula is C14H27N3O. The number of rotatable bonds is 6. The molecule has 0 saturated heterocycles. The Labute approximate surface area is 111 Å². The van der Waals surface area contributed by atoms with E-state index >= 15 is 0 Å². The number of hydrogen-bond acceptors (Lipinski definition) is 4. The van der Waals surface area contributed by atoms with E-state index in [0.717, 1.165) is 31.1 Å². The Morgan fingerprint density at radius 2 is 2.06 bits per heavy atom. The lowest BCUT2D eigenvalue weighted by molar-refractivity contribution is 0.249. The first-order chi connectivity index (χ1) is 8.26. The molecule has 0 aromatic carbocycles. The highest BCUT2D eigenvalue weighted by molar-refractivity contribution is 5.05. The molecule has 18 heavy (non-hydrogen) atoms. The average molecular weight is 253 g/mol. The Hall–Kier alpha value is -0.870. The van der Waals surface area contributed by atoms with Crippen LogP contribution in [0.4, 0.5) is 0 Å². The van der Waals surface area contributed by atoms with Crippen molar-refractivity contribution in [1.82, 2.24) is 15.4 Å². The third-order valence-corrected chi connectivity index (χ3v) is 2.51. The van der Waals surface area contributed by atoms with Gasteiger partial charge < -0.3 is 9.84 Å². The molecule has 0 saturated carbocycles. The number of aromatic nitrogens is 1. The maximum atomic E-state index is 5.35. The molecule has 4 nitrogen and oxygen atoms in total. The lowest BCUT2D eigenvalue weighted by Crippen LogP contribution is -2.35. The van der Waals surface area contributed by atoms with E-state index < -0.39 is 0 Å². The average Bonchev–Trinajstić information content (AvgIpc) is 2.60.